The summed E-state index contributed by atoms with van der Waals surface area (Å²) in [6.07, 6.45) is 0.292. The summed E-state index contributed by atoms with van der Waals surface area (Å²) >= 11 is 0. The van der Waals surface area contributed by atoms with Crippen LogP contribution in [0.1, 0.15) is 30.6 Å². The number of aromatic hydroxyl groups is 1. The molecule has 0 heterocycles. The molecule has 2 aromatic rings. The Kier molecular flexibility index (Phi) is 3.68. The fourth-order valence-corrected chi connectivity index (χ4v) is 2.12. The number of phenols is 1. The van der Waals surface area contributed by atoms with Crippen molar-refractivity contribution in [3.63, 3.8) is 0 Å². The molecule has 0 aromatic heterocycles. The van der Waals surface area contributed by atoms with Gasteiger partial charge in [-0.05, 0) is 53.8 Å². The predicted octanol–water partition coefficient (Wildman–Crippen LogP) is 3.81. The molecule has 0 aliphatic carbocycles. The predicted molar refractivity (Wildman–Crippen MR) is 73.5 cm³/mol. The quantitative estimate of drug-likeness (QED) is 0.859. The number of benzene rings is 2. The average Bonchev–Trinajstić information content (AvgIpc) is 2.38. The van der Waals surface area contributed by atoms with Crippen LogP contribution < -0.4 is 0 Å². The van der Waals surface area contributed by atoms with E-state index in [2.05, 4.69) is 0 Å². The molecule has 2 heteroatoms. The second-order valence-corrected chi connectivity index (χ2v) is 4.55. The normalized spacial score (nSPS) is 12.4. The summed E-state index contributed by atoms with van der Waals surface area (Å²) in [5.41, 5.74) is 4.11. The van der Waals surface area contributed by atoms with Gasteiger partial charge in [-0.1, -0.05) is 31.2 Å². The Morgan fingerprint density at radius 2 is 1.89 bits per heavy atom. The highest BCUT2D eigenvalue weighted by Crippen LogP contribution is 2.28. The topological polar surface area (TPSA) is 40.5 Å². The second kappa shape index (κ2) is 5.23. The molecule has 94 valence electrons. The molecule has 2 N–H and O–H groups in total. The summed E-state index contributed by atoms with van der Waals surface area (Å²) in [6.45, 7) is 3.93. The summed E-state index contributed by atoms with van der Waals surface area (Å²) in [4.78, 5) is 0. The molecule has 0 bridgehead atoms. The Labute approximate surface area is 108 Å². The van der Waals surface area contributed by atoms with E-state index in [4.69, 9.17) is 0 Å². The Morgan fingerprint density at radius 1 is 1.11 bits per heavy atom. The molecule has 1 unspecified atom stereocenters. The fraction of sp³-hybridized carbons (Fsp3) is 0.250. The molecule has 2 aromatic carbocycles. The van der Waals surface area contributed by atoms with Gasteiger partial charge in [-0.3, -0.25) is 0 Å². The maximum Gasteiger partial charge on any atom is 0.115 e. The summed E-state index contributed by atoms with van der Waals surface area (Å²) < 4.78 is 0. The Morgan fingerprint density at radius 3 is 2.56 bits per heavy atom. The number of rotatable bonds is 3. The zero-order chi connectivity index (χ0) is 13.1. The molecule has 0 amide bonds. The van der Waals surface area contributed by atoms with E-state index < -0.39 is 6.10 Å². The summed E-state index contributed by atoms with van der Waals surface area (Å²) in [7, 11) is 0. The van der Waals surface area contributed by atoms with Crippen molar-refractivity contribution in [2.45, 2.75) is 26.4 Å². The van der Waals surface area contributed by atoms with Crippen molar-refractivity contribution in [2.24, 2.45) is 0 Å². The number of hydrogen-bond donors (Lipinski definition) is 2. The fourth-order valence-electron chi connectivity index (χ4n) is 2.12. The monoisotopic (exact) mass is 242 g/mol. The van der Waals surface area contributed by atoms with Gasteiger partial charge in [-0.15, -0.1) is 0 Å². The highest BCUT2D eigenvalue weighted by atomic mass is 16.3. The Bertz CT molecular complexity index is 547. The molecule has 0 fully saturated rings. The number of aryl methyl sites for hydroxylation is 1. The van der Waals surface area contributed by atoms with Crippen molar-refractivity contribution in [1.82, 2.24) is 0 Å². The lowest BCUT2D eigenvalue weighted by Gasteiger charge is -2.11. The molecule has 1 atom stereocenters. The number of hydrogen-bond acceptors (Lipinski definition) is 2. The number of aliphatic hydroxyl groups excluding tert-OH is 1. The molecule has 18 heavy (non-hydrogen) atoms. The van der Waals surface area contributed by atoms with Gasteiger partial charge in [0.15, 0.2) is 0 Å². The van der Waals surface area contributed by atoms with Crippen molar-refractivity contribution >= 4 is 0 Å². The maximum absolute atomic E-state index is 9.87. The van der Waals surface area contributed by atoms with Crippen LogP contribution in [0.15, 0.2) is 42.5 Å². The van der Waals surface area contributed by atoms with Crippen LogP contribution >= 0.6 is 0 Å². The minimum absolute atomic E-state index is 0.279. The molecular weight excluding hydrogens is 224 g/mol. The van der Waals surface area contributed by atoms with E-state index in [0.717, 1.165) is 22.3 Å². The van der Waals surface area contributed by atoms with E-state index in [-0.39, 0.29) is 5.75 Å². The molecule has 0 aliphatic heterocycles. The highest BCUT2D eigenvalue weighted by Gasteiger charge is 2.07. The second-order valence-electron chi connectivity index (χ2n) is 4.55. The van der Waals surface area contributed by atoms with Gasteiger partial charge in [0.1, 0.15) is 5.75 Å². The van der Waals surface area contributed by atoms with Gasteiger partial charge in [0.25, 0.3) is 0 Å². The van der Waals surface area contributed by atoms with Crippen molar-refractivity contribution in [1.29, 1.82) is 0 Å². The van der Waals surface area contributed by atoms with Crippen LogP contribution in [0.5, 0.6) is 5.75 Å². The minimum atomic E-state index is -0.414. The molecule has 2 rings (SSSR count). The van der Waals surface area contributed by atoms with Gasteiger partial charge in [-0.25, -0.2) is 0 Å². The van der Waals surface area contributed by atoms with Gasteiger partial charge in [0.2, 0.25) is 0 Å². The third-order valence-corrected chi connectivity index (χ3v) is 3.18. The van der Waals surface area contributed by atoms with Crippen LogP contribution in [0.4, 0.5) is 0 Å². The number of phenolic OH excluding ortho intramolecular Hbond substituents is 1. The lowest BCUT2D eigenvalue weighted by Crippen LogP contribution is -1.95. The first-order valence-corrected chi connectivity index (χ1v) is 6.20. The summed E-state index contributed by atoms with van der Waals surface area (Å²) in [6, 6.07) is 13.3. The van der Waals surface area contributed by atoms with Crippen LogP contribution in [0.2, 0.25) is 0 Å². The first kappa shape index (κ1) is 12.7. The van der Waals surface area contributed by atoms with Crippen LogP contribution in [0, 0.1) is 6.92 Å². The van der Waals surface area contributed by atoms with Crippen LogP contribution in [-0.4, -0.2) is 10.2 Å². The molecular formula is C16H18O2. The lowest BCUT2D eigenvalue weighted by molar-refractivity contribution is 0.174. The van der Waals surface area contributed by atoms with E-state index in [1.165, 1.54) is 0 Å². The smallest absolute Gasteiger partial charge is 0.115 e. The van der Waals surface area contributed by atoms with Crippen LogP contribution in [0.25, 0.3) is 11.1 Å². The van der Waals surface area contributed by atoms with E-state index in [1.54, 1.807) is 12.1 Å². The first-order chi connectivity index (χ1) is 8.61. The van der Waals surface area contributed by atoms with Gasteiger partial charge >= 0.3 is 0 Å². The van der Waals surface area contributed by atoms with Crippen molar-refractivity contribution in [3.05, 3.63) is 53.6 Å². The van der Waals surface area contributed by atoms with E-state index in [1.807, 2.05) is 44.2 Å². The molecule has 2 nitrogen and oxygen atoms in total. The zero-order valence-electron chi connectivity index (χ0n) is 10.7. The third kappa shape index (κ3) is 2.54. The van der Waals surface area contributed by atoms with Crippen molar-refractivity contribution in [3.8, 4) is 16.9 Å². The van der Waals surface area contributed by atoms with Crippen molar-refractivity contribution in [2.75, 3.05) is 0 Å². The van der Waals surface area contributed by atoms with Crippen LogP contribution in [0.3, 0.4) is 0 Å². The van der Waals surface area contributed by atoms with Gasteiger partial charge in [0, 0.05) is 0 Å². The minimum Gasteiger partial charge on any atom is -0.508 e. The van der Waals surface area contributed by atoms with Gasteiger partial charge in [-0.2, -0.15) is 0 Å². The van der Waals surface area contributed by atoms with Crippen LogP contribution in [-0.2, 0) is 0 Å². The lowest BCUT2D eigenvalue weighted by atomic mass is 9.96. The molecule has 0 saturated carbocycles. The number of aliphatic hydroxyl groups is 1. The average molecular weight is 242 g/mol. The molecule has 0 radical (unpaired) electrons. The van der Waals surface area contributed by atoms with E-state index in [0.29, 0.717) is 6.42 Å². The Balaban J connectivity index is 2.44. The summed E-state index contributed by atoms with van der Waals surface area (Å²) in [5.74, 6) is 0.279. The largest absolute Gasteiger partial charge is 0.508 e. The standard InChI is InChI=1S/C16H18O2/c1-3-16(18)13-6-4-5-12(10-13)15-8-7-14(17)9-11(15)2/h4-10,16-18H,3H2,1-2H3. The van der Waals surface area contributed by atoms with E-state index in [9.17, 15) is 10.2 Å². The Hall–Kier alpha value is -1.80. The zero-order valence-corrected chi connectivity index (χ0v) is 10.7. The third-order valence-electron chi connectivity index (χ3n) is 3.18. The SMILES string of the molecule is CCC(O)c1cccc(-c2ccc(O)cc2C)c1. The highest BCUT2D eigenvalue weighted by molar-refractivity contribution is 5.68. The van der Waals surface area contributed by atoms with Gasteiger partial charge < -0.3 is 10.2 Å². The molecule has 0 aliphatic rings. The van der Waals surface area contributed by atoms with Crippen molar-refractivity contribution < 1.29 is 10.2 Å². The van der Waals surface area contributed by atoms with E-state index >= 15 is 0 Å². The maximum atomic E-state index is 9.87. The van der Waals surface area contributed by atoms with Gasteiger partial charge in [0.05, 0.1) is 6.10 Å². The summed E-state index contributed by atoms with van der Waals surface area (Å²) in [5, 5.41) is 19.3. The first-order valence-electron chi connectivity index (χ1n) is 6.20. The molecule has 0 spiro atoms. The molecule has 0 saturated heterocycles.